The molecule has 0 saturated carbocycles. The number of rotatable bonds is 2. The van der Waals surface area contributed by atoms with E-state index in [0.29, 0.717) is 24.5 Å². The Morgan fingerprint density at radius 2 is 1.68 bits per heavy atom. The Kier molecular flexibility index (Phi) is 3.66. The highest BCUT2D eigenvalue weighted by molar-refractivity contribution is 8.13. The lowest BCUT2D eigenvalue weighted by atomic mass is 10.2. The molecule has 1 fully saturated rings. The molecule has 2 heterocycles. The molecule has 7 heteroatoms. The van der Waals surface area contributed by atoms with Gasteiger partial charge in [0, 0.05) is 42.2 Å². The Hall–Kier alpha value is -1.01. The summed E-state index contributed by atoms with van der Waals surface area (Å²) in [5.74, 6) is -0.238. The number of aromatic nitrogens is 1. The zero-order valence-electron chi connectivity index (χ0n) is 11.2. The predicted octanol–water partition coefficient (Wildman–Crippen LogP) is 1.81. The Morgan fingerprint density at radius 1 is 1.16 bits per heavy atom. The molecule has 0 aliphatic carbocycles. The number of hydrogen-bond acceptors (Lipinski definition) is 3. The summed E-state index contributed by atoms with van der Waals surface area (Å²) in [7, 11) is 3.29. The van der Waals surface area contributed by atoms with Crippen LogP contribution in [0.2, 0.25) is 0 Å². The Morgan fingerprint density at radius 3 is 2.16 bits per heavy atom. The fourth-order valence-electron chi connectivity index (χ4n) is 2.55. The van der Waals surface area contributed by atoms with E-state index < -0.39 is 9.05 Å². The first kappa shape index (κ1) is 14.4. The van der Waals surface area contributed by atoms with Crippen molar-refractivity contribution in [3.05, 3.63) is 17.0 Å². The normalized spacial score (nSPS) is 16.1. The van der Waals surface area contributed by atoms with Crippen LogP contribution in [-0.4, -0.2) is 36.9 Å². The number of carbonyl (C=O) groups excluding carboxylic acids is 1. The third-order valence-corrected chi connectivity index (χ3v) is 5.22. The van der Waals surface area contributed by atoms with Crippen LogP contribution in [0.4, 0.5) is 0 Å². The van der Waals surface area contributed by atoms with E-state index >= 15 is 0 Å². The van der Waals surface area contributed by atoms with Gasteiger partial charge in [-0.05, 0) is 26.7 Å². The number of likely N-dealkylation sites (tertiary alicyclic amines) is 1. The van der Waals surface area contributed by atoms with Crippen LogP contribution in [0.1, 0.15) is 34.6 Å². The topological polar surface area (TPSA) is 59.4 Å². The van der Waals surface area contributed by atoms with E-state index in [0.717, 1.165) is 12.8 Å². The minimum Gasteiger partial charge on any atom is -0.350 e. The van der Waals surface area contributed by atoms with Crippen LogP contribution in [0.5, 0.6) is 0 Å². The lowest BCUT2D eigenvalue weighted by Gasteiger charge is -2.15. The fourth-order valence-corrected chi connectivity index (χ4v) is 4.08. The third kappa shape index (κ3) is 2.39. The molecule has 1 amide bonds. The smallest absolute Gasteiger partial charge is 0.263 e. The van der Waals surface area contributed by atoms with E-state index in [-0.39, 0.29) is 16.4 Å². The van der Waals surface area contributed by atoms with Crippen LogP contribution in [-0.2, 0) is 16.1 Å². The van der Waals surface area contributed by atoms with Gasteiger partial charge in [0.2, 0.25) is 0 Å². The van der Waals surface area contributed by atoms with Crippen molar-refractivity contribution in [1.29, 1.82) is 0 Å². The van der Waals surface area contributed by atoms with Gasteiger partial charge in [-0.15, -0.1) is 0 Å². The SMILES string of the molecule is Cc1c(C(=O)N2CCCC2)c(S(=O)(=O)Cl)c(C)n1C. The molecule has 2 rings (SSSR count). The summed E-state index contributed by atoms with van der Waals surface area (Å²) < 4.78 is 25.2. The van der Waals surface area contributed by atoms with Crippen molar-refractivity contribution in [3.63, 3.8) is 0 Å². The molecule has 5 nitrogen and oxygen atoms in total. The van der Waals surface area contributed by atoms with Gasteiger partial charge < -0.3 is 9.47 Å². The quantitative estimate of drug-likeness (QED) is 0.783. The molecule has 1 saturated heterocycles. The van der Waals surface area contributed by atoms with Gasteiger partial charge in [0.05, 0.1) is 5.56 Å². The first-order chi connectivity index (χ1) is 8.75. The molecule has 1 aliphatic heterocycles. The summed E-state index contributed by atoms with van der Waals surface area (Å²) in [6.45, 7) is 4.74. The second-order valence-electron chi connectivity index (χ2n) is 4.87. The average molecular weight is 305 g/mol. The monoisotopic (exact) mass is 304 g/mol. The molecule has 1 aliphatic rings. The Bertz CT molecular complexity index is 628. The van der Waals surface area contributed by atoms with Crippen molar-refractivity contribution in [2.45, 2.75) is 31.6 Å². The summed E-state index contributed by atoms with van der Waals surface area (Å²) in [5, 5.41) is 0. The molecule has 1 aromatic rings. The first-order valence-electron chi connectivity index (χ1n) is 6.15. The van der Waals surface area contributed by atoms with Crippen molar-refractivity contribution in [3.8, 4) is 0 Å². The Labute approximate surface area is 117 Å². The zero-order valence-corrected chi connectivity index (χ0v) is 12.8. The van der Waals surface area contributed by atoms with E-state index in [1.807, 2.05) is 0 Å². The number of halogens is 1. The molecule has 0 unspecified atom stereocenters. The maximum Gasteiger partial charge on any atom is 0.263 e. The molecule has 106 valence electrons. The summed E-state index contributed by atoms with van der Waals surface area (Å²) in [6.07, 6.45) is 1.92. The molecule has 1 aromatic heterocycles. The number of carbonyl (C=O) groups is 1. The van der Waals surface area contributed by atoms with E-state index in [2.05, 4.69) is 0 Å². The average Bonchev–Trinajstić information content (AvgIpc) is 2.90. The second-order valence-corrected chi connectivity index (χ2v) is 7.37. The molecular weight excluding hydrogens is 288 g/mol. The largest absolute Gasteiger partial charge is 0.350 e. The van der Waals surface area contributed by atoms with Gasteiger partial charge in [0.1, 0.15) is 4.90 Å². The molecule has 0 radical (unpaired) electrons. The Balaban J connectivity index is 2.62. The van der Waals surface area contributed by atoms with Crippen LogP contribution in [0, 0.1) is 13.8 Å². The van der Waals surface area contributed by atoms with Gasteiger partial charge in [0.25, 0.3) is 15.0 Å². The first-order valence-corrected chi connectivity index (χ1v) is 8.46. The molecular formula is C12H17ClN2O3S. The lowest BCUT2D eigenvalue weighted by Crippen LogP contribution is -2.29. The van der Waals surface area contributed by atoms with Gasteiger partial charge in [-0.25, -0.2) is 8.42 Å². The fraction of sp³-hybridized carbons (Fsp3) is 0.583. The highest BCUT2D eigenvalue weighted by atomic mass is 35.7. The molecule has 0 bridgehead atoms. The summed E-state index contributed by atoms with van der Waals surface area (Å²) in [5.41, 5.74) is 1.35. The molecule has 0 atom stereocenters. The van der Waals surface area contributed by atoms with E-state index in [1.54, 1.807) is 30.4 Å². The van der Waals surface area contributed by atoms with Crippen LogP contribution < -0.4 is 0 Å². The number of amides is 1. The van der Waals surface area contributed by atoms with Crippen molar-refractivity contribution < 1.29 is 13.2 Å². The van der Waals surface area contributed by atoms with Crippen LogP contribution in [0.25, 0.3) is 0 Å². The van der Waals surface area contributed by atoms with Crippen molar-refractivity contribution in [2.75, 3.05) is 13.1 Å². The van der Waals surface area contributed by atoms with Crippen molar-refractivity contribution in [2.24, 2.45) is 7.05 Å². The maximum atomic E-state index is 12.5. The zero-order chi connectivity index (χ0) is 14.4. The van der Waals surface area contributed by atoms with E-state index in [4.69, 9.17) is 10.7 Å². The molecule has 0 aromatic carbocycles. The summed E-state index contributed by atoms with van der Waals surface area (Å²) >= 11 is 0. The molecule has 0 N–H and O–H groups in total. The van der Waals surface area contributed by atoms with Gasteiger partial charge in [-0.3, -0.25) is 4.79 Å². The minimum atomic E-state index is -3.94. The lowest BCUT2D eigenvalue weighted by molar-refractivity contribution is 0.0788. The summed E-state index contributed by atoms with van der Waals surface area (Å²) in [4.78, 5) is 14.1. The minimum absolute atomic E-state index is 0.0499. The van der Waals surface area contributed by atoms with Crippen LogP contribution >= 0.6 is 10.7 Å². The van der Waals surface area contributed by atoms with Gasteiger partial charge >= 0.3 is 0 Å². The van der Waals surface area contributed by atoms with E-state index in [1.165, 1.54) is 0 Å². The van der Waals surface area contributed by atoms with Crippen molar-refractivity contribution in [1.82, 2.24) is 9.47 Å². The van der Waals surface area contributed by atoms with Crippen LogP contribution in [0.15, 0.2) is 4.90 Å². The van der Waals surface area contributed by atoms with E-state index in [9.17, 15) is 13.2 Å². The number of nitrogens with zero attached hydrogens (tertiary/aromatic N) is 2. The van der Waals surface area contributed by atoms with Gasteiger partial charge in [-0.2, -0.15) is 0 Å². The third-order valence-electron chi connectivity index (χ3n) is 3.77. The maximum absolute atomic E-state index is 12.5. The van der Waals surface area contributed by atoms with Crippen molar-refractivity contribution >= 4 is 25.6 Å². The van der Waals surface area contributed by atoms with Gasteiger partial charge in [-0.1, -0.05) is 0 Å². The number of hydrogen-bond donors (Lipinski definition) is 0. The summed E-state index contributed by atoms with van der Waals surface area (Å²) in [6, 6.07) is 0. The molecule has 19 heavy (non-hydrogen) atoms. The van der Waals surface area contributed by atoms with Crippen LogP contribution in [0.3, 0.4) is 0 Å². The highest BCUT2D eigenvalue weighted by Gasteiger charge is 2.32. The van der Waals surface area contributed by atoms with Gasteiger partial charge in [0.15, 0.2) is 0 Å². The predicted molar refractivity (Wildman–Crippen MR) is 73.1 cm³/mol. The standard InChI is InChI=1S/C12H17ClN2O3S/c1-8-10(12(16)15-6-4-5-7-15)11(19(13,17)18)9(2)14(8)3/h4-7H2,1-3H3. The second kappa shape index (κ2) is 4.83. The molecule has 0 spiro atoms. The highest BCUT2D eigenvalue weighted by Crippen LogP contribution is 2.30.